The molecule has 0 aliphatic rings. The van der Waals surface area contributed by atoms with Crippen molar-refractivity contribution in [2.75, 3.05) is 14.2 Å². The van der Waals surface area contributed by atoms with Crippen molar-refractivity contribution in [2.45, 2.75) is 19.0 Å². The molecule has 1 atom stereocenters. The number of nitrogens with two attached hydrogens (primary N) is 1. The lowest BCUT2D eigenvalue weighted by Gasteiger charge is -2.24. The molecule has 0 fully saturated rings. The minimum Gasteiger partial charge on any atom is -0.497 e. The predicted molar refractivity (Wildman–Crippen MR) is 96.6 cm³/mol. The Labute approximate surface area is 148 Å². The highest BCUT2D eigenvalue weighted by Crippen LogP contribution is 2.24. The normalized spacial score (nSPS) is 12.5. The van der Waals surface area contributed by atoms with Gasteiger partial charge in [0.1, 0.15) is 17.0 Å². The standard InChI is InChI=1S/C18H22N2O3.ClH/c1-18(19,14-7-5-4-6-8-14)17(21)20-12-13-11-15(22-2)9-10-16(13)23-3;/h4-11H,12,19H2,1-3H3,(H,20,21);1H. The molecule has 0 saturated carbocycles. The first-order valence-electron chi connectivity index (χ1n) is 7.32. The summed E-state index contributed by atoms with van der Waals surface area (Å²) in [5.41, 5.74) is 6.68. The summed E-state index contributed by atoms with van der Waals surface area (Å²) in [7, 11) is 3.18. The average molecular weight is 351 g/mol. The van der Waals surface area contributed by atoms with E-state index in [9.17, 15) is 4.79 Å². The molecule has 0 radical (unpaired) electrons. The van der Waals surface area contributed by atoms with Crippen LogP contribution >= 0.6 is 12.4 Å². The Balaban J connectivity index is 0.00000288. The SMILES string of the molecule is COc1ccc(OC)c(CNC(=O)C(C)(N)c2ccccc2)c1.Cl. The summed E-state index contributed by atoms with van der Waals surface area (Å²) >= 11 is 0. The number of methoxy groups -OCH3 is 2. The number of carbonyl (C=O) groups excluding carboxylic acids is 1. The monoisotopic (exact) mass is 350 g/mol. The summed E-state index contributed by atoms with van der Waals surface area (Å²) in [5, 5.41) is 2.86. The molecule has 0 aromatic heterocycles. The van der Waals surface area contributed by atoms with Crippen molar-refractivity contribution >= 4 is 18.3 Å². The van der Waals surface area contributed by atoms with Gasteiger partial charge in [-0.05, 0) is 30.7 Å². The van der Waals surface area contributed by atoms with Crippen LogP contribution in [0.15, 0.2) is 48.5 Å². The van der Waals surface area contributed by atoms with Gasteiger partial charge in [0.15, 0.2) is 0 Å². The number of halogens is 1. The molecular formula is C18H23ClN2O3. The van der Waals surface area contributed by atoms with E-state index in [0.717, 1.165) is 11.1 Å². The summed E-state index contributed by atoms with van der Waals surface area (Å²) < 4.78 is 10.5. The Morgan fingerprint density at radius 2 is 1.79 bits per heavy atom. The second-order valence-electron chi connectivity index (χ2n) is 5.43. The van der Waals surface area contributed by atoms with Gasteiger partial charge in [-0.1, -0.05) is 30.3 Å². The topological polar surface area (TPSA) is 73.6 Å². The van der Waals surface area contributed by atoms with Crippen molar-refractivity contribution in [3.63, 3.8) is 0 Å². The van der Waals surface area contributed by atoms with Crippen LogP contribution in [0.4, 0.5) is 0 Å². The van der Waals surface area contributed by atoms with Crippen LogP contribution in [0.3, 0.4) is 0 Å². The van der Waals surface area contributed by atoms with E-state index in [-0.39, 0.29) is 18.3 Å². The van der Waals surface area contributed by atoms with Gasteiger partial charge in [-0.15, -0.1) is 12.4 Å². The molecule has 2 rings (SSSR count). The van der Waals surface area contributed by atoms with E-state index in [4.69, 9.17) is 15.2 Å². The molecule has 3 N–H and O–H groups in total. The lowest BCUT2D eigenvalue weighted by atomic mass is 9.92. The first-order valence-corrected chi connectivity index (χ1v) is 7.32. The molecule has 6 heteroatoms. The number of carbonyl (C=O) groups is 1. The fraction of sp³-hybridized carbons (Fsp3) is 0.278. The minimum atomic E-state index is -1.10. The summed E-state index contributed by atoms with van der Waals surface area (Å²) in [6, 6.07) is 14.7. The van der Waals surface area contributed by atoms with Crippen molar-refractivity contribution in [1.29, 1.82) is 0 Å². The van der Waals surface area contributed by atoms with Gasteiger partial charge in [-0.25, -0.2) is 0 Å². The number of amides is 1. The maximum Gasteiger partial charge on any atom is 0.244 e. The van der Waals surface area contributed by atoms with Gasteiger partial charge in [-0.2, -0.15) is 0 Å². The second-order valence-corrected chi connectivity index (χ2v) is 5.43. The van der Waals surface area contributed by atoms with Crippen LogP contribution in [-0.4, -0.2) is 20.1 Å². The molecule has 1 unspecified atom stereocenters. The average Bonchev–Trinajstić information content (AvgIpc) is 2.59. The highest BCUT2D eigenvalue weighted by atomic mass is 35.5. The van der Waals surface area contributed by atoms with Crippen LogP contribution in [0.25, 0.3) is 0 Å². The zero-order chi connectivity index (χ0) is 16.9. The first kappa shape index (κ1) is 19.8. The largest absolute Gasteiger partial charge is 0.497 e. The molecule has 24 heavy (non-hydrogen) atoms. The van der Waals surface area contributed by atoms with E-state index in [2.05, 4.69) is 5.32 Å². The molecule has 130 valence electrons. The van der Waals surface area contributed by atoms with E-state index in [1.807, 2.05) is 36.4 Å². The molecule has 2 aromatic rings. The van der Waals surface area contributed by atoms with Crippen LogP contribution in [-0.2, 0) is 16.9 Å². The number of rotatable bonds is 6. The fourth-order valence-corrected chi connectivity index (χ4v) is 2.29. The Bertz CT molecular complexity index is 675. The number of ether oxygens (including phenoxy) is 2. The van der Waals surface area contributed by atoms with Gasteiger partial charge in [0, 0.05) is 12.1 Å². The van der Waals surface area contributed by atoms with Crippen LogP contribution in [0.5, 0.6) is 11.5 Å². The van der Waals surface area contributed by atoms with Gasteiger partial charge in [-0.3, -0.25) is 4.79 Å². The number of hydrogen-bond acceptors (Lipinski definition) is 4. The molecule has 0 aliphatic carbocycles. The highest BCUT2D eigenvalue weighted by molar-refractivity contribution is 5.87. The zero-order valence-corrected chi connectivity index (χ0v) is 14.9. The van der Waals surface area contributed by atoms with Crippen molar-refractivity contribution < 1.29 is 14.3 Å². The van der Waals surface area contributed by atoms with E-state index in [0.29, 0.717) is 18.0 Å². The smallest absolute Gasteiger partial charge is 0.244 e. The van der Waals surface area contributed by atoms with Gasteiger partial charge >= 0.3 is 0 Å². The van der Waals surface area contributed by atoms with Crippen LogP contribution in [0.2, 0.25) is 0 Å². The maximum atomic E-state index is 12.5. The Kier molecular flexibility index (Phi) is 7.07. The van der Waals surface area contributed by atoms with E-state index in [1.54, 1.807) is 33.3 Å². The zero-order valence-electron chi connectivity index (χ0n) is 14.0. The molecule has 2 aromatic carbocycles. The molecule has 0 bridgehead atoms. The third kappa shape index (κ3) is 4.40. The van der Waals surface area contributed by atoms with Gasteiger partial charge in [0.05, 0.1) is 14.2 Å². The predicted octanol–water partition coefficient (Wildman–Crippen LogP) is 2.62. The van der Waals surface area contributed by atoms with E-state index >= 15 is 0 Å². The van der Waals surface area contributed by atoms with Crippen LogP contribution < -0.4 is 20.5 Å². The van der Waals surface area contributed by atoms with Crippen molar-refractivity contribution in [3.05, 3.63) is 59.7 Å². The summed E-state index contributed by atoms with van der Waals surface area (Å²) in [6.07, 6.45) is 0. The van der Waals surface area contributed by atoms with Crippen LogP contribution in [0, 0.1) is 0 Å². The molecule has 0 heterocycles. The Morgan fingerprint density at radius 3 is 2.38 bits per heavy atom. The van der Waals surface area contributed by atoms with Crippen molar-refractivity contribution in [2.24, 2.45) is 5.73 Å². The first-order chi connectivity index (χ1) is 11.0. The summed E-state index contributed by atoms with van der Waals surface area (Å²) in [6.45, 7) is 2.00. The van der Waals surface area contributed by atoms with Crippen molar-refractivity contribution in [1.82, 2.24) is 5.32 Å². The quantitative estimate of drug-likeness (QED) is 0.840. The number of nitrogens with one attached hydrogen (secondary N) is 1. The third-order valence-electron chi connectivity index (χ3n) is 3.77. The highest BCUT2D eigenvalue weighted by Gasteiger charge is 2.30. The van der Waals surface area contributed by atoms with Crippen LogP contribution in [0.1, 0.15) is 18.1 Å². The Hall–Kier alpha value is -2.24. The van der Waals surface area contributed by atoms with Gasteiger partial charge < -0.3 is 20.5 Å². The molecule has 0 spiro atoms. The third-order valence-corrected chi connectivity index (χ3v) is 3.77. The number of benzene rings is 2. The lowest BCUT2D eigenvalue weighted by Crippen LogP contribution is -2.48. The van der Waals surface area contributed by atoms with E-state index in [1.165, 1.54) is 0 Å². The lowest BCUT2D eigenvalue weighted by molar-refractivity contribution is -0.126. The fourth-order valence-electron chi connectivity index (χ4n) is 2.29. The van der Waals surface area contributed by atoms with Gasteiger partial charge in [0.2, 0.25) is 5.91 Å². The van der Waals surface area contributed by atoms with E-state index < -0.39 is 5.54 Å². The van der Waals surface area contributed by atoms with Crippen molar-refractivity contribution in [3.8, 4) is 11.5 Å². The summed E-state index contributed by atoms with van der Waals surface area (Å²) in [4.78, 5) is 12.5. The number of hydrogen-bond donors (Lipinski definition) is 2. The molecule has 0 saturated heterocycles. The summed E-state index contributed by atoms with van der Waals surface area (Å²) in [5.74, 6) is 1.13. The molecule has 5 nitrogen and oxygen atoms in total. The minimum absolute atomic E-state index is 0. The molecule has 1 amide bonds. The van der Waals surface area contributed by atoms with Gasteiger partial charge in [0.25, 0.3) is 0 Å². The molecular weight excluding hydrogens is 328 g/mol. The maximum absolute atomic E-state index is 12.5. The Morgan fingerprint density at radius 1 is 1.12 bits per heavy atom. The molecule has 0 aliphatic heterocycles. The second kappa shape index (κ2) is 8.57.